The SMILES string of the molecule is CN(C)c1ccc(/C=C/C(=O)NCCCCN2CCCCC2)cc1. The Labute approximate surface area is 146 Å². The van der Waals surface area contributed by atoms with Crippen molar-refractivity contribution in [2.24, 2.45) is 0 Å². The zero-order chi connectivity index (χ0) is 17.2. The number of benzene rings is 1. The van der Waals surface area contributed by atoms with E-state index in [0.29, 0.717) is 0 Å². The normalized spacial score (nSPS) is 15.6. The summed E-state index contributed by atoms with van der Waals surface area (Å²) in [5, 5.41) is 2.97. The highest BCUT2D eigenvalue weighted by Crippen LogP contribution is 2.13. The van der Waals surface area contributed by atoms with Gasteiger partial charge in [-0.1, -0.05) is 18.6 Å². The second kappa shape index (κ2) is 10.1. The predicted octanol–water partition coefficient (Wildman–Crippen LogP) is 3.15. The van der Waals surface area contributed by atoms with E-state index in [0.717, 1.165) is 30.6 Å². The molecule has 0 atom stereocenters. The van der Waals surface area contributed by atoms with Gasteiger partial charge in [-0.2, -0.15) is 0 Å². The first-order chi connectivity index (χ1) is 11.6. The zero-order valence-corrected chi connectivity index (χ0v) is 15.1. The molecular weight excluding hydrogens is 298 g/mol. The maximum absolute atomic E-state index is 11.8. The molecule has 1 fully saturated rings. The van der Waals surface area contributed by atoms with Crippen LogP contribution < -0.4 is 10.2 Å². The fraction of sp³-hybridized carbons (Fsp3) is 0.550. The summed E-state index contributed by atoms with van der Waals surface area (Å²) >= 11 is 0. The van der Waals surface area contributed by atoms with Crippen molar-refractivity contribution in [2.75, 3.05) is 45.2 Å². The van der Waals surface area contributed by atoms with Gasteiger partial charge in [0.05, 0.1) is 0 Å². The van der Waals surface area contributed by atoms with Crippen LogP contribution in [0.15, 0.2) is 30.3 Å². The molecule has 1 aliphatic rings. The van der Waals surface area contributed by atoms with Crippen LogP contribution in [0.2, 0.25) is 0 Å². The summed E-state index contributed by atoms with van der Waals surface area (Å²) < 4.78 is 0. The monoisotopic (exact) mass is 329 g/mol. The molecule has 0 unspecified atom stereocenters. The van der Waals surface area contributed by atoms with E-state index in [-0.39, 0.29) is 5.91 Å². The predicted molar refractivity (Wildman–Crippen MR) is 102 cm³/mol. The summed E-state index contributed by atoms with van der Waals surface area (Å²) in [6.07, 6.45) is 9.77. The molecule has 132 valence electrons. The molecule has 1 aliphatic heterocycles. The Balaban J connectivity index is 1.60. The van der Waals surface area contributed by atoms with Crippen LogP contribution >= 0.6 is 0 Å². The Bertz CT molecular complexity index is 516. The number of amides is 1. The topological polar surface area (TPSA) is 35.6 Å². The van der Waals surface area contributed by atoms with Gasteiger partial charge in [-0.05, 0) is 69.1 Å². The van der Waals surface area contributed by atoms with Crippen LogP contribution in [0.3, 0.4) is 0 Å². The highest BCUT2D eigenvalue weighted by atomic mass is 16.1. The Morgan fingerprint density at radius 1 is 1.12 bits per heavy atom. The first-order valence-corrected chi connectivity index (χ1v) is 9.11. The minimum Gasteiger partial charge on any atom is -0.378 e. The number of unbranched alkanes of at least 4 members (excludes halogenated alkanes) is 1. The third-order valence-corrected chi connectivity index (χ3v) is 4.49. The highest BCUT2D eigenvalue weighted by Gasteiger charge is 2.08. The molecule has 0 aliphatic carbocycles. The van der Waals surface area contributed by atoms with Crippen molar-refractivity contribution >= 4 is 17.7 Å². The molecule has 0 bridgehead atoms. The Kier molecular flexibility index (Phi) is 7.83. The summed E-state index contributed by atoms with van der Waals surface area (Å²) in [6, 6.07) is 8.16. The molecule has 1 aromatic rings. The quantitative estimate of drug-likeness (QED) is 0.588. The maximum atomic E-state index is 11.8. The summed E-state index contributed by atoms with van der Waals surface area (Å²) in [5.41, 5.74) is 2.20. The average molecular weight is 329 g/mol. The van der Waals surface area contributed by atoms with Crippen molar-refractivity contribution in [1.82, 2.24) is 10.2 Å². The molecule has 1 aromatic carbocycles. The average Bonchev–Trinajstić information content (AvgIpc) is 2.61. The Morgan fingerprint density at radius 2 is 1.83 bits per heavy atom. The van der Waals surface area contributed by atoms with Crippen LogP contribution in [0.5, 0.6) is 0 Å². The van der Waals surface area contributed by atoms with E-state index < -0.39 is 0 Å². The lowest BCUT2D eigenvalue weighted by Crippen LogP contribution is -2.31. The number of likely N-dealkylation sites (tertiary alicyclic amines) is 1. The molecule has 1 heterocycles. The second-order valence-electron chi connectivity index (χ2n) is 6.72. The van der Waals surface area contributed by atoms with Crippen LogP contribution in [0.1, 0.15) is 37.7 Å². The first-order valence-electron chi connectivity index (χ1n) is 9.11. The van der Waals surface area contributed by atoms with Gasteiger partial charge in [0, 0.05) is 32.4 Å². The van der Waals surface area contributed by atoms with E-state index >= 15 is 0 Å². The van der Waals surface area contributed by atoms with E-state index in [1.165, 1.54) is 38.9 Å². The van der Waals surface area contributed by atoms with Gasteiger partial charge in [-0.3, -0.25) is 4.79 Å². The van der Waals surface area contributed by atoms with Gasteiger partial charge in [0.15, 0.2) is 0 Å². The van der Waals surface area contributed by atoms with Crippen LogP contribution in [-0.2, 0) is 4.79 Å². The van der Waals surface area contributed by atoms with E-state index in [2.05, 4.69) is 27.2 Å². The molecule has 24 heavy (non-hydrogen) atoms. The lowest BCUT2D eigenvalue weighted by molar-refractivity contribution is -0.116. The van der Waals surface area contributed by atoms with E-state index in [1.807, 2.05) is 32.3 Å². The largest absolute Gasteiger partial charge is 0.378 e. The molecule has 0 aromatic heterocycles. The van der Waals surface area contributed by atoms with Gasteiger partial charge >= 0.3 is 0 Å². The van der Waals surface area contributed by atoms with Crippen molar-refractivity contribution in [3.05, 3.63) is 35.9 Å². The van der Waals surface area contributed by atoms with Gasteiger partial charge < -0.3 is 15.1 Å². The number of piperidine rings is 1. The molecule has 0 saturated carbocycles. The molecular formula is C20H31N3O. The van der Waals surface area contributed by atoms with E-state index in [4.69, 9.17) is 0 Å². The van der Waals surface area contributed by atoms with Crippen molar-refractivity contribution in [2.45, 2.75) is 32.1 Å². The van der Waals surface area contributed by atoms with Gasteiger partial charge in [0.1, 0.15) is 0 Å². The number of anilines is 1. The third kappa shape index (κ3) is 6.75. The fourth-order valence-electron chi connectivity index (χ4n) is 2.97. The minimum atomic E-state index is -0.00958. The lowest BCUT2D eigenvalue weighted by Gasteiger charge is -2.26. The maximum Gasteiger partial charge on any atom is 0.243 e. The zero-order valence-electron chi connectivity index (χ0n) is 15.1. The summed E-state index contributed by atoms with van der Waals surface area (Å²) in [5.74, 6) is -0.00958. The molecule has 4 nitrogen and oxygen atoms in total. The van der Waals surface area contributed by atoms with Crippen LogP contribution in [0.4, 0.5) is 5.69 Å². The summed E-state index contributed by atoms with van der Waals surface area (Å²) in [7, 11) is 4.03. The van der Waals surface area contributed by atoms with Crippen molar-refractivity contribution in [3.8, 4) is 0 Å². The number of nitrogens with zero attached hydrogens (tertiary/aromatic N) is 2. The Hall–Kier alpha value is -1.81. The number of carbonyl (C=O) groups excluding carboxylic acids is 1. The number of nitrogens with one attached hydrogen (secondary N) is 1. The molecule has 4 heteroatoms. The first kappa shape index (κ1) is 18.5. The van der Waals surface area contributed by atoms with Crippen LogP contribution in [0, 0.1) is 0 Å². The smallest absolute Gasteiger partial charge is 0.243 e. The molecule has 1 saturated heterocycles. The molecule has 2 rings (SSSR count). The van der Waals surface area contributed by atoms with E-state index in [9.17, 15) is 4.79 Å². The van der Waals surface area contributed by atoms with Gasteiger partial charge in [0.2, 0.25) is 5.91 Å². The summed E-state index contributed by atoms with van der Waals surface area (Å²) in [4.78, 5) is 16.4. The lowest BCUT2D eigenvalue weighted by atomic mass is 10.1. The van der Waals surface area contributed by atoms with Crippen molar-refractivity contribution in [3.63, 3.8) is 0 Å². The molecule has 0 spiro atoms. The number of carbonyl (C=O) groups is 1. The van der Waals surface area contributed by atoms with E-state index in [1.54, 1.807) is 6.08 Å². The molecule has 0 radical (unpaired) electrons. The van der Waals surface area contributed by atoms with Crippen LogP contribution in [0.25, 0.3) is 6.08 Å². The second-order valence-corrected chi connectivity index (χ2v) is 6.72. The third-order valence-electron chi connectivity index (χ3n) is 4.49. The Morgan fingerprint density at radius 3 is 2.50 bits per heavy atom. The van der Waals surface area contributed by atoms with Gasteiger partial charge in [0.25, 0.3) is 0 Å². The van der Waals surface area contributed by atoms with Crippen molar-refractivity contribution in [1.29, 1.82) is 0 Å². The minimum absolute atomic E-state index is 0.00958. The van der Waals surface area contributed by atoms with Crippen LogP contribution in [-0.4, -0.2) is 51.1 Å². The highest BCUT2D eigenvalue weighted by molar-refractivity contribution is 5.91. The molecule has 1 amide bonds. The number of hydrogen-bond donors (Lipinski definition) is 1. The standard InChI is InChI=1S/C20H31N3O/c1-22(2)19-11-8-18(9-12-19)10-13-20(24)21-14-4-7-17-23-15-5-3-6-16-23/h8-13H,3-7,14-17H2,1-2H3,(H,21,24)/b13-10+. The van der Waals surface area contributed by atoms with Gasteiger partial charge in [-0.25, -0.2) is 0 Å². The number of hydrogen-bond acceptors (Lipinski definition) is 3. The van der Waals surface area contributed by atoms with Gasteiger partial charge in [-0.15, -0.1) is 0 Å². The molecule has 1 N–H and O–H groups in total. The number of rotatable bonds is 8. The summed E-state index contributed by atoms with van der Waals surface area (Å²) in [6.45, 7) is 4.43. The van der Waals surface area contributed by atoms with Crippen molar-refractivity contribution < 1.29 is 4.79 Å². The fourth-order valence-corrected chi connectivity index (χ4v) is 2.97.